The van der Waals surface area contributed by atoms with Crippen LogP contribution in [0.1, 0.15) is 0 Å². The molecule has 0 bridgehead atoms. The van der Waals surface area contributed by atoms with Crippen molar-refractivity contribution in [3.05, 3.63) is 71.9 Å². The van der Waals surface area contributed by atoms with Crippen molar-refractivity contribution in [1.82, 2.24) is 14.8 Å². The van der Waals surface area contributed by atoms with Gasteiger partial charge in [0.25, 0.3) is 10.0 Å². The number of thiazole rings is 1. The van der Waals surface area contributed by atoms with E-state index in [0.29, 0.717) is 5.69 Å². The first-order chi connectivity index (χ1) is 15.4. The molecule has 8 nitrogen and oxygen atoms in total. The molecular weight excluding hydrogens is 462 g/mol. The van der Waals surface area contributed by atoms with Gasteiger partial charge in [-0.25, -0.2) is 22.2 Å². The van der Waals surface area contributed by atoms with E-state index in [2.05, 4.69) is 14.8 Å². The standard InChI is InChI=1S/C20H16F2N4O4S2/c21-13-1-3-18(15(11-13)17-5-6-24-26(17)8-9-27)30-19-4-2-14(12-16(19)22)32(28,29)25-20-23-7-10-31-20/h1-7,10-12,27H,8-9H2,(H,23,25). The molecule has 2 aromatic carbocycles. The summed E-state index contributed by atoms with van der Waals surface area (Å²) in [6, 6.07) is 8.47. The number of ether oxygens (including phenoxy) is 1. The topological polar surface area (TPSA) is 106 Å². The van der Waals surface area contributed by atoms with Gasteiger partial charge in [0, 0.05) is 23.3 Å². The van der Waals surface area contributed by atoms with Crippen molar-refractivity contribution in [2.75, 3.05) is 11.3 Å². The van der Waals surface area contributed by atoms with E-state index >= 15 is 0 Å². The Morgan fingerprint density at radius 3 is 2.62 bits per heavy atom. The number of benzene rings is 2. The molecule has 0 spiro atoms. The summed E-state index contributed by atoms with van der Waals surface area (Å²) in [7, 11) is -4.04. The average Bonchev–Trinajstić information content (AvgIpc) is 3.42. The minimum atomic E-state index is -4.04. The van der Waals surface area contributed by atoms with E-state index in [-0.39, 0.29) is 40.2 Å². The molecule has 2 aromatic heterocycles. The fraction of sp³-hybridized carbons (Fsp3) is 0.100. The highest BCUT2D eigenvalue weighted by Crippen LogP contribution is 2.35. The third kappa shape index (κ3) is 4.61. The number of halogens is 2. The highest BCUT2D eigenvalue weighted by Gasteiger charge is 2.20. The lowest BCUT2D eigenvalue weighted by molar-refractivity contribution is 0.270. The van der Waals surface area contributed by atoms with E-state index in [1.54, 1.807) is 11.4 Å². The normalized spacial score (nSPS) is 11.5. The lowest BCUT2D eigenvalue weighted by atomic mass is 10.1. The second-order valence-corrected chi connectivity index (χ2v) is 9.02. The summed E-state index contributed by atoms with van der Waals surface area (Å²) in [5, 5.41) is 15.0. The fourth-order valence-electron chi connectivity index (χ4n) is 2.92. The Balaban J connectivity index is 1.65. The Morgan fingerprint density at radius 1 is 1.09 bits per heavy atom. The van der Waals surface area contributed by atoms with E-state index in [9.17, 15) is 22.3 Å². The molecule has 0 unspecified atom stereocenters. The highest BCUT2D eigenvalue weighted by atomic mass is 32.2. The Bertz CT molecular complexity index is 1340. The van der Waals surface area contributed by atoms with E-state index in [1.807, 2.05) is 0 Å². The summed E-state index contributed by atoms with van der Waals surface area (Å²) < 4.78 is 62.9. The third-order valence-electron chi connectivity index (χ3n) is 4.33. The zero-order valence-electron chi connectivity index (χ0n) is 16.3. The predicted octanol–water partition coefficient (Wildman–Crippen LogP) is 3.87. The largest absolute Gasteiger partial charge is 0.454 e. The van der Waals surface area contributed by atoms with Crippen LogP contribution in [-0.2, 0) is 16.6 Å². The molecule has 0 radical (unpaired) electrons. The maximum absolute atomic E-state index is 14.7. The number of aromatic nitrogens is 3. The van der Waals surface area contributed by atoms with Gasteiger partial charge in [0.2, 0.25) is 0 Å². The molecule has 0 saturated heterocycles. The molecule has 2 heterocycles. The Hall–Kier alpha value is -3.35. The van der Waals surface area contributed by atoms with Crippen LogP contribution in [0.4, 0.5) is 13.9 Å². The van der Waals surface area contributed by atoms with Crippen LogP contribution in [0, 0.1) is 11.6 Å². The van der Waals surface area contributed by atoms with E-state index in [1.165, 1.54) is 41.3 Å². The summed E-state index contributed by atoms with van der Waals surface area (Å²) in [5.74, 6) is -1.59. The van der Waals surface area contributed by atoms with Crippen LogP contribution < -0.4 is 9.46 Å². The number of aliphatic hydroxyl groups is 1. The summed E-state index contributed by atoms with van der Waals surface area (Å²) in [6.07, 6.45) is 2.92. The minimum absolute atomic E-state index is 0.126. The molecule has 0 aliphatic heterocycles. The Morgan fingerprint density at radius 2 is 1.91 bits per heavy atom. The lowest BCUT2D eigenvalue weighted by Crippen LogP contribution is -2.13. The van der Waals surface area contributed by atoms with Crippen LogP contribution in [-0.4, -0.2) is 34.9 Å². The van der Waals surface area contributed by atoms with Crippen molar-refractivity contribution in [1.29, 1.82) is 0 Å². The van der Waals surface area contributed by atoms with Crippen LogP contribution in [0.3, 0.4) is 0 Å². The molecule has 0 aliphatic carbocycles. The van der Waals surface area contributed by atoms with E-state index in [4.69, 9.17) is 4.74 Å². The number of rotatable bonds is 8. The summed E-state index contributed by atoms with van der Waals surface area (Å²) >= 11 is 1.09. The quantitative estimate of drug-likeness (QED) is 0.398. The molecule has 0 fully saturated rings. The number of sulfonamides is 1. The van der Waals surface area contributed by atoms with Crippen molar-refractivity contribution in [3.63, 3.8) is 0 Å². The lowest BCUT2D eigenvalue weighted by Gasteiger charge is -2.14. The zero-order chi connectivity index (χ0) is 22.7. The van der Waals surface area contributed by atoms with Crippen LogP contribution in [0.25, 0.3) is 11.3 Å². The highest BCUT2D eigenvalue weighted by molar-refractivity contribution is 7.93. The van der Waals surface area contributed by atoms with Gasteiger partial charge in [-0.2, -0.15) is 5.10 Å². The maximum atomic E-state index is 14.7. The van der Waals surface area contributed by atoms with Crippen molar-refractivity contribution < 1.29 is 27.0 Å². The van der Waals surface area contributed by atoms with Gasteiger partial charge in [0.15, 0.2) is 16.7 Å². The maximum Gasteiger partial charge on any atom is 0.263 e. The first kappa shape index (κ1) is 21.9. The van der Waals surface area contributed by atoms with Gasteiger partial charge < -0.3 is 9.84 Å². The number of nitrogens with one attached hydrogen (secondary N) is 1. The second-order valence-electron chi connectivity index (χ2n) is 6.44. The molecule has 32 heavy (non-hydrogen) atoms. The van der Waals surface area contributed by atoms with Gasteiger partial charge in [-0.05, 0) is 42.5 Å². The monoisotopic (exact) mass is 478 g/mol. The van der Waals surface area contributed by atoms with E-state index in [0.717, 1.165) is 23.5 Å². The summed E-state index contributed by atoms with van der Waals surface area (Å²) in [5.41, 5.74) is 0.748. The average molecular weight is 479 g/mol. The van der Waals surface area contributed by atoms with Crippen molar-refractivity contribution >= 4 is 26.5 Å². The number of aliphatic hydroxyl groups excluding tert-OH is 1. The molecule has 0 atom stereocenters. The molecule has 0 aliphatic rings. The second kappa shape index (κ2) is 9.02. The summed E-state index contributed by atoms with van der Waals surface area (Å²) in [6.45, 7) is -0.00885. The predicted molar refractivity (Wildman–Crippen MR) is 114 cm³/mol. The van der Waals surface area contributed by atoms with Crippen molar-refractivity contribution in [3.8, 4) is 22.8 Å². The van der Waals surface area contributed by atoms with Gasteiger partial charge >= 0.3 is 0 Å². The van der Waals surface area contributed by atoms with Crippen LogP contribution in [0.2, 0.25) is 0 Å². The van der Waals surface area contributed by atoms with Crippen molar-refractivity contribution in [2.24, 2.45) is 0 Å². The minimum Gasteiger partial charge on any atom is -0.454 e. The Labute approximate surface area is 185 Å². The molecule has 0 saturated carbocycles. The smallest absolute Gasteiger partial charge is 0.263 e. The van der Waals surface area contributed by atoms with Crippen LogP contribution in [0.5, 0.6) is 11.5 Å². The number of nitrogens with zero attached hydrogens (tertiary/aromatic N) is 3. The fourth-order valence-corrected chi connectivity index (χ4v) is 4.72. The Kier molecular flexibility index (Phi) is 6.17. The molecule has 4 aromatic rings. The van der Waals surface area contributed by atoms with Crippen molar-refractivity contribution in [2.45, 2.75) is 11.4 Å². The first-order valence-electron chi connectivity index (χ1n) is 9.20. The summed E-state index contributed by atoms with van der Waals surface area (Å²) in [4.78, 5) is 3.53. The van der Waals surface area contributed by atoms with E-state index < -0.39 is 21.7 Å². The number of anilines is 1. The van der Waals surface area contributed by atoms with Crippen LogP contribution >= 0.6 is 11.3 Å². The molecule has 0 amide bonds. The van der Waals surface area contributed by atoms with Crippen LogP contribution in [0.15, 0.2) is 65.1 Å². The van der Waals surface area contributed by atoms with Gasteiger partial charge in [-0.3, -0.25) is 9.40 Å². The number of hydrogen-bond acceptors (Lipinski definition) is 7. The zero-order valence-corrected chi connectivity index (χ0v) is 17.9. The molecule has 12 heteroatoms. The first-order valence-corrected chi connectivity index (χ1v) is 11.6. The SMILES string of the molecule is O=S(=O)(Nc1nccs1)c1ccc(Oc2ccc(F)cc2-c2ccnn2CCO)c(F)c1. The molecule has 4 rings (SSSR count). The van der Waals surface area contributed by atoms with Gasteiger partial charge in [0.1, 0.15) is 11.6 Å². The number of hydrogen-bond donors (Lipinski definition) is 2. The van der Waals surface area contributed by atoms with Gasteiger partial charge in [-0.15, -0.1) is 11.3 Å². The third-order valence-corrected chi connectivity index (χ3v) is 6.49. The molecule has 2 N–H and O–H groups in total. The van der Waals surface area contributed by atoms with Gasteiger partial charge in [-0.1, -0.05) is 0 Å². The van der Waals surface area contributed by atoms with Gasteiger partial charge in [0.05, 0.1) is 23.7 Å². The molecule has 166 valence electrons. The molecular formula is C20H16F2N4O4S2.